The lowest BCUT2D eigenvalue weighted by Gasteiger charge is -2.25. The molecule has 0 radical (unpaired) electrons. The number of nitrogens with zero attached hydrogens (tertiary/aromatic N) is 2. The van der Waals surface area contributed by atoms with E-state index in [1.807, 2.05) is 0 Å². The van der Waals surface area contributed by atoms with Gasteiger partial charge in [0.1, 0.15) is 11.5 Å². The minimum absolute atomic E-state index is 0.00572. The molecule has 3 aromatic carbocycles. The van der Waals surface area contributed by atoms with Crippen LogP contribution in [0.4, 0.5) is 24.5 Å². The summed E-state index contributed by atoms with van der Waals surface area (Å²) in [6.45, 7) is 0. The number of aromatic hydroxyl groups is 1. The Balaban J connectivity index is 1.89. The topological polar surface area (TPSA) is 121 Å². The largest absolute Gasteiger partial charge is 0.508 e. The molecule has 35 heavy (non-hydrogen) atoms. The number of ketones is 1. The van der Waals surface area contributed by atoms with Gasteiger partial charge in [-0.3, -0.25) is 24.6 Å². The van der Waals surface area contributed by atoms with Crippen molar-refractivity contribution in [1.82, 2.24) is 0 Å². The molecule has 1 fully saturated rings. The van der Waals surface area contributed by atoms with E-state index in [1.54, 1.807) is 0 Å². The van der Waals surface area contributed by atoms with E-state index in [1.165, 1.54) is 36.4 Å². The Morgan fingerprint density at radius 2 is 1.60 bits per heavy atom. The predicted octanol–water partition coefficient (Wildman–Crippen LogP) is 4.95. The van der Waals surface area contributed by atoms with E-state index < -0.39 is 45.7 Å². The number of nitro benzene ring substituents is 1. The summed E-state index contributed by atoms with van der Waals surface area (Å²) in [5, 5.41) is 31.8. The Hall–Kier alpha value is -4.67. The zero-order valence-corrected chi connectivity index (χ0v) is 17.6. The fraction of sp³-hybridized carbons (Fsp3) is 0.0833. The number of aliphatic hydroxyl groups is 1. The van der Waals surface area contributed by atoms with Crippen molar-refractivity contribution in [3.8, 4) is 5.75 Å². The number of rotatable bonds is 4. The molecule has 1 heterocycles. The van der Waals surface area contributed by atoms with E-state index in [-0.39, 0.29) is 28.3 Å². The van der Waals surface area contributed by atoms with Gasteiger partial charge in [-0.1, -0.05) is 12.1 Å². The fourth-order valence-electron chi connectivity index (χ4n) is 3.82. The van der Waals surface area contributed by atoms with Crippen molar-refractivity contribution < 1.29 is 37.9 Å². The number of amides is 1. The number of carbonyl (C=O) groups is 2. The summed E-state index contributed by atoms with van der Waals surface area (Å²) >= 11 is 0. The lowest BCUT2D eigenvalue weighted by atomic mass is 9.95. The number of anilines is 1. The van der Waals surface area contributed by atoms with E-state index >= 15 is 0 Å². The standard InChI is InChI=1S/C24H15F3N2O6/c25-24(26,27)15-6-10-16(11-7-15)28-20(14-2-1-3-18(30)12-14)19(22(32)23(28)33)21(31)13-4-8-17(9-5-13)29(34)35/h1-12,20,30-31H/b21-19-. The minimum atomic E-state index is -4.62. The van der Waals surface area contributed by atoms with Crippen LogP contribution in [0.3, 0.4) is 0 Å². The lowest BCUT2D eigenvalue weighted by Crippen LogP contribution is -2.29. The number of phenols is 1. The van der Waals surface area contributed by atoms with Gasteiger partial charge in [0.05, 0.1) is 22.1 Å². The van der Waals surface area contributed by atoms with Crippen molar-refractivity contribution in [2.75, 3.05) is 4.90 Å². The summed E-state index contributed by atoms with van der Waals surface area (Å²) in [4.78, 5) is 37.2. The molecule has 3 aromatic rings. The number of hydrogen-bond donors (Lipinski definition) is 2. The number of halogens is 3. The van der Waals surface area contributed by atoms with Gasteiger partial charge in [-0.05, 0) is 54.1 Å². The van der Waals surface area contributed by atoms with Crippen LogP contribution in [0.15, 0.2) is 78.4 Å². The first-order valence-corrected chi connectivity index (χ1v) is 10.0. The Morgan fingerprint density at radius 3 is 2.14 bits per heavy atom. The minimum Gasteiger partial charge on any atom is -0.508 e. The summed E-state index contributed by atoms with van der Waals surface area (Å²) in [6.07, 6.45) is -4.62. The number of phenolic OH excluding ortho intramolecular Hbond substituents is 1. The van der Waals surface area contributed by atoms with Gasteiger partial charge in [0.2, 0.25) is 0 Å². The summed E-state index contributed by atoms with van der Waals surface area (Å²) in [5.41, 5.74) is -1.46. The number of hydrogen-bond acceptors (Lipinski definition) is 6. The van der Waals surface area contributed by atoms with Crippen LogP contribution in [0.5, 0.6) is 5.75 Å². The molecule has 0 spiro atoms. The van der Waals surface area contributed by atoms with Crippen LogP contribution < -0.4 is 4.90 Å². The van der Waals surface area contributed by atoms with Gasteiger partial charge >= 0.3 is 6.18 Å². The fourth-order valence-corrected chi connectivity index (χ4v) is 3.82. The molecule has 1 aliphatic rings. The van der Waals surface area contributed by atoms with Crippen LogP contribution in [0, 0.1) is 10.1 Å². The number of alkyl halides is 3. The molecule has 1 aliphatic heterocycles. The van der Waals surface area contributed by atoms with Crippen LogP contribution in [-0.2, 0) is 15.8 Å². The smallest absolute Gasteiger partial charge is 0.416 e. The van der Waals surface area contributed by atoms with E-state index in [0.29, 0.717) is 0 Å². The van der Waals surface area contributed by atoms with Gasteiger partial charge in [-0.25, -0.2) is 0 Å². The number of nitro groups is 1. The molecule has 0 aliphatic carbocycles. The third-order valence-electron chi connectivity index (χ3n) is 5.45. The van der Waals surface area contributed by atoms with Crippen molar-refractivity contribution in [3.63, 3.8) is 0 Å². The molecular formula is C24H15F3N2O6. The molecule has 0 bridgehead atoms. The van der Waals surface area contributed by atoms with Crippen LogP contribution in [0.2, 0.25) is 0 Å². The first kappa shape index (κ1) is 23.5. The third kappa shape index (κ3) is 4.31. The van der Waals surface area contributed by atoms with E-state index in [9.17, 15) is 43.1 Å². The molecule has 4 rings (SSSR count). The number of Topliss-reactive ketones (excluding diaryl/α,β-unsaturated/α-hetero) is 1. The highest BCUT2D eigenvalue weighted by Gasteiger charge is 2.47. The molecule has 1 atom stereocenters. The second-order valence-corrected chi connectivity index (χ2v) is 7.61. The van der Waals surface area contributed by atoms with Gasteiger partial charge < -0.3 is 10.2 Å². The maximum atomic E-state index is 13.0. The van der Waals surface area contributed by atoms with Crippen LogP contribution in [-0.4, -0.2) is 26.8 Å². The van der Waals surface area contributed by atoms with Crippen LogP contribution in [0.1, 0.15) is 22.7 Å². The molecule has 2 N–H and O–H groups in total. The maximum Gasteiger partial charge on any atom is 0.416 e. The zero-order valence-electron chi connectivity index (χ0n) is 17.6. The first-order valence-electron chi connectivity index (χ1n) is 10.0. The van der Waals surface area contributed by atoms with Crippen molar-refractivity contribution in [2.24, 2.45) is 0 Å². The highest BCUT2D eigenvalue weighted by molar-refractivity contribution is 6.51. The van der Waals surface area contributed by atoms with E-state index in [2.05, 4.69) is 0 Å². The van der Waals surface area contributed by atoms with E-state index in [0.717, 1.165) is 41.3 Å². The summed E-state index contributed by atoms with van der Waals surface area (Å²) in [6, 6.07) is 12.3. The molecule has 1 unspecified atom stereocenters. The quantitative estimate of drug-likeness (QED) is 0.178. The Morgan fingerprint density at radius 1 is 0.971 bits per heavy atom. The molecule has 0 aromatic heterocycles. The average molecular weight is 484 g/mol. The predicted molar refractivity (Wildman–Crippen MR) is 117 cm³/mol. The molecule has 11 heteroatoms. The number of aliphatic hydroxyl groups excluding tert-OH is 1. The highest BCUT2D eigenvalue weighted by Crippen LogP contribution is 2.43. The highest BCUT2D eigenvalue weighted by atomic mass is 19.4. The maximum absolute atomic E-state index is 13.0. The zero-order chi connectivity index (χ0) is 25.5. The second kappa shape index (κ2) is 8.60. The summed E-state index contributed by atoms with van der Waals surface area (Å²) in [7, 11) is 0. The molecule has 0 saturated carbocycles. The van der Waals surface area contributed by atoms with Crippen molar-refractivity contribution >= 4 is 28.8 Å². The first-order chi connectivity index (χ1) is 16.5. The Bertz CT molecular complexity index is 1370. The number of carbonyl (C=O) groups excluding carboxylic acids is 2. The van der Waals surface area contributed by atoms with Gasteiger partial charge in [0.25, 0.3) is 17.4 Å². The molecule has 1 amide bonds. The van der Waals surface area contributed by atoms with Gasteiger partial charge in [0, 0.05) is 23.4 Å². The lowest BCUT2D eigenvalue weighted by molar-refractivity contribution is -0.384. The number of non-ortho nitro benzene ring substituents is 1. The third-order valence-corrected chi connectivity index (χ3v) is 5.45. The van der Waals surface area contributed by atoms with Gasteiger partial charge in [-0.15, -0.1) is 0 Å². The summed E-state index contributed by atoms with van der Waals surface area (Å²) < 4.78 is 39.0. The molecular weight excluding hydrogens is 469 g/mol. The second-order valence-electron chi connectivity index (χ2n) is 7.61. The molecule has 8 nitrogen and oxygen atoms in total. The molecule has 178 valence electrons. The monoisotopic (exact) mass is 484 g/mol. The van der Waals surface area contributed by atoms with E-state index in [4.69, 9.17) is 0 Å². The van der Waals surface area contributed by atoms with Crippen LogP contribution in [0.25, 0.3) is 5.76 Å². The SMILES string of the molecule is O=C1C(=O)N(c2ccc(C(F)(F)F)cc2)C(c2cccc(O)c2)/C1=C(/O)c1ccc([N+](=O)[O-])cc1. The van der Waals surface area contributed by atoms with Crippen molar-refractivity contribution in [1.29, 1.82) is 0 Å². The Kier molecular flexibility index (Phi) is 5.77. The number of benzene rings is 3. The summed E-state index contributed by atoms with van der Waals surface area (Å²) in [5.74, 6) is -3.08. The van der Waals surface area contributed by atoms with Gasteiger partial charge in [0.15, 0.2) is 0 Å². The van der Waals surface area contributed by atoms with Gasteiger partial charge in [-0.2, -0.15) is 13.2 Å². The average Bonchev–Trinajstić information content (AvgIpc) is 3.08. The van der Waals surface area contributed by atoms with Crippen molar-refractivity contribution in [2.45, 2.75) is 12.2 Å². The van der Waals surface area contributed by atoms with Crippen LogP contribution >= 0.6 is 0 Å². The van der Waals surface area contributed by atoms with Crippen molar-refractivity contribution in [3.05, 3.63) is 105 Å². The normalized spacial score (nSPS) is 17.6. The Labute approximate surface area is 195 Å². The molecule has 1 saturated heterocycles.